The summed E-state index contributed by atoms with van der Waals surface area (Å²) in [6.07, 6.45) is 7.33. The van der Waals surface area contributed by atoms with Gasteiger partial charge in [-0.05, 0) is 104 Å². The van der Waals surface area contributed by atoms with Crippen molar-refractivity contribution in [3.05, 3.63) is 59.7 Å². The number of phenolic OH excluding ortho intramolecular Hbond substituents is 1. The monoisotopic (exact) mass is 584 g/mol. The van der Waals surface area contributed by atoms with Crippen LogP contribution in [0.1, 0.15) is 51.0 Å². The second-order valence-corrected chi connectivity index (χ2v) is 13.0. The minimum atomic E-state index is -0.484. The van der Waals surface area contributed by atoms with E-state index < -0.39 is 5.82 Å². The molecule has 8 heteroatoms. The minimum absolute atomic E-state index is 0.00891. The molecule has 0 radical (unpaired) electrons. The Morgan fingerprint density at radius 3 is 2.51 bits per heavy atom. The number of aromatic nitrogens is 1. The molecule has 4 saturated heterocycles. The van der Waals surface area contributed by atoms with Gasteiger partial charge in [0.05, 0.1) is 11.2 Å². The topological polar surface area (TPSA) is 60.9 Å². The predicted molar refractivity (Wildman–Crippen MR) is 166 cm³/mol. The Morgan fingerprint density at radius 2 is 1.77 bits per heavy atom. The van der Waals surface area contributed by atoms with Gasteiger partial charge in [-0.2, -0.15) is 0 Å². The molecule has 8 rings (SSSR count). The molecule has 0 spiro atoms. The van der Waals surface area contributed by atoms with E-state index in [1.165, 1.54) is 25.0 Å². The van der Waals surface area contributed by atoms with E-state index in [2.05, 4.69) is 15.1 Å². The molecule has 4 fully saturated rings. The van der Waals surface area contributed by atoms with Crippen LogP contribution in [0, 0.1) is 11.6 Å². The first-order valence-corrected chi connectivity index (χ1v) is 15.9. The van der Waals surface area contributed by atoms with E-state index in [0.29, 0.717) is 58.5 Å². The zero-order chi connectivity index (χ0) is 29.3. The zero-order valence-corrected chi connectivity index (χ0v) is 24.6. The number of fused-ring (bicyclic) bond motifs is 5. The quantitative estimate of drug-likeness (QED) is 0.268. The molecule has 6 nitrogen and oxygen atoms in total. The van der Waals surface area contributed by atoms with E-state index >= 15 is 4.39 Å². The summed E-state index contributed by atoms with van der Waals surface area (Å²) < 4.78 is 38.3. The van der Waals surface area contributed by atoms with Crippen LogP contribution in [0.2, 0.25) is 0 Å². The van der Waals surface area contributed by atoms with Crippen molar-refractivity contribution in [1.29, 1.82) is 0 Å². The standard InChI is InChI=1S/C35H38F2N4O2/c1-2-25-29(36)10-5-21-15-24(42)16-28(32(21)25)26-8-9-27-30(40-18-22-6-7-23(19-40)38-22)17-31(39-34(27)33(26)37)43-20-35-11-3-13-41(35)14-4-12-35/h5,8-10,15-17,22-23,38,42H,2-4,6-7,11-14,18-20H2,1H3. The molecule has 4 aromatic rings. The number of halogens is 2. The largest absolute Gasteiger partial charge is 0.508 e. The van der Waals surface area contributed by atoms with Crippen LogP contribution >= 0.6 is 0 Å². The van der Waals surface area contributed by atoms with Gasteiger partial charge in [-0.1, -0.05) is 19.1 Å². The Morgan fingerprint density at radius 1 is 1.00 bits per heavy atom. The Balaban J connectivity index is 1.28. The fourth-order valence-electron chi connectivity index (χ4n) is 8.48. The normalized spacial score (nSPS) is 23.0. The molecule has 224 valence electrons. The lowest BCUT2D eigenvalue weighted by atomic mass is 9.92. The fourth-order valence-corrected chi connectivity index (χ4v) is 8.48. The van der Waals surface area contributed by atoms with Gasteiger partial charge in [-0.25, -0.2) is 13.8 Å². The summed E-state index contributed by atoms with van der Waals surface area (Å²) in [5.74, 6) is -0.366. The van der Waals surface area contributed by atoms with Gasteiger partial charge in [0.15, 0.2) is 5.82 Å². The third-order valence-electron chi connectivity index (χ3n) is 10.5. The van der Waals surface area contributed by atoms with Crippen molar-refractivity contribution in [2.45, 2.75) is 69.5 Å². The average molecular weight is 585 g/mol. The number of aryl methyl sites for hydroxylation is 1. The minimum Gasteiger partial charge on any atom is -0.508 e. The van der Waals surface area contributed by atoms with Crippen molar-refractivity contribution in [3.63, 3.8) is 0 Å². The van der Waals surface area contributed by atoms with Gasteiger partial charge in [-0.3, -0.25) is 4.90 Å². The van der Waals surface area contributed by atoms with Crippen LogP contribution in [0.15, 0.2) is 42.5 Å². The Labute approximate surface area is 250 Å². The molecule has 3 aromatic carbocycles. The van der Waals surface area contributed by atoms with Gasteiger partial charge in [0, 0.05) is 42.2 Å². The number of nitrogens with zero attached hydrogens (tertiary/aromatic N) is 3. The third kappa shape index (κ3) is 4.44. The number of ether oxygens (including phenoxy) is 1. The van der Waals surface area contributed by atoms with Gasteiger partial charge < -0.3 is 20.1 Å². The van der Waals surface area contributed by atoms with Crippen molar-refractivity contribution in [2.24, 2.45) is 0 Å². The molecular formula is C35H38F2N4O2. The maximum atomic E-state index is 16.9. The van der Waals surface area contributed by atoms with Gasteiger partial charge in [0.25, 0.3) is 0 Å². The lowest BCUT2D eigenvalue weighted by Gasteiger charge is -2.35. The Hall–Kier alpha value is -3.49. The molecule has 2 atom stereocenters. The summed E-state index contributed by atoms with van der Waals surface area (Å²) in [7, 11) is 0. The van der Waals surface area contributed by atoms with E-state index in [1.807, 2.05) is 19.1 Å². The number of phenols is 1. The maximum Gasteiger partial charge on any atom is 0.216 e. The van der Waals surface area contributed by atoms with Crippen molar-refractivity contribution in [3.8, 4) is 22.8 Å². The molecule has 4 aliphatic rings. The van der Waals surface area contributed by atoms with E-state index in [9.17, 15) is 9.50 Å². The van der Waals surface area contributed by atoms with Crippen molar-refractivity contribution < 1.29 is 18.6 Å². The molecule has 5 heterocycles. The predicted octanol–water partition coefficient (Wildman–Crippen LogP) is 6.55. The van der Waals surface area contributed by atoms with Crippen LogP contribution in [0.25, 0.3) is 32.8 Å². The molecule has 4 aliphatic heterocycles. The first-order chi connectivity index (χ1) is 20.9. The molecule has 43 heavy (non-hydrogen) atoms. The number of anilines is 1. The van der Waals surface area contributed by atoms with Crippen LogP contribution in [0.4, 0.5) is 14.5 Å². The molecule has 2 bridgehead atoms. The van der Waals surface area contributed by atoms with Crippen LogP contribution < -0.4 is 15.0 Å². The summed E-state index contributed by atoms with van der Waals surface area (Å²) >= 11 is 0. The second kappa shape index (κ2) is 10.3. The van der Waals surface area contributed by atoms with Crippen LogP contribution in [-0.2, 0) is 6.42 Å². The molecule has 0 aliphatic carbocycles. The lowest BCUT2D eigenvalue weighted by molar-refractivity contribution is 0.111. The van der Waals surface area contributed by atoms with Crippen LogP contribution in [0.5, 0.6) is 11.6 Å². The fraction of sp³-hybridized carbons (Fsp3) is 0.457. The molecule has 1 aromatic heterocycles. The molecule has 2 unspecified atom stereocenters. The number of hydrogen-bond acceptors (Lipinski definition) is 6. The maximum absolute atomic E-state index is 16.9. The molecule has 2 N–H and O–H groups in total. The van der Waals surface area contributed by atoms with E-state index in [4.69, 9.17) is 9.72 Å². The van der Waals surface area contributed by atoms with Gasteiger partial charge in [0.1, 0.15) is 23.7 Å². The Kier molecular flexibility index (Phi) is 6.49. The van der Waals surface area contributed by atoms with Crippen molar-refractivity contribution >= 4 is 27.4 Å². The first-order valence-electron chi connectivity index (χ1n) is 15.9. The highest BCUT2D eigenvalue weighted by Crippen LogP contribution is 2.43. The summed E-state index contributed by atoms with van der Waals surface area (Å²) in [5.41, 5.74) is 2.50. The number of nitrogens with one attached hydrogen (secondary N) is 1. The number of piperazine rings is 1. The number of pyridine rings is 1. The average Bonchev–Trinajstić information content (AvgIpc) is 3.69. The van der Waals surface area contributed by atoms with Crippen molar-refractivity contribution in [1.82, 2.24) is 15.2 Å². The highest BCUT2D eigenvalue weighted by atomic mass is 19.1. The molecule has 0 amide bonds. The first kappa shape index (κ1) is 27.1. The summed E-state index contributed by atoms with van der Waals surface area (Å²) in [6, 6.07) is 12.7. The highest BCUT2D eigenvalue weighted by Gasteiger charge is 2.45. The highest BCUT2D eigenvalue weighted by molar-refractivity contribution is 6.03. The Bertz CT molecular complexity index is 1720. The second-order valence-electron chi connectivity index (χ2n) is 13.0. The number of benzene rings is 3. The van der Waals surface area contributed by atoms with Gasteiger partial charge in [0.2, 0.25) is 5.88 Å². The van der Waals surface area contributed by atoms with E-state index in [1.54, 1.807) is 18.2 Å². The summed E-state index contributed by atoms with van der Waals surface area (Å²) in [5, 5.41) is 16.3. The number of rotatable bonds is 6. The lowest BCUT2D eigenvalue weighted by Crippen LogP contribution is -2.51. The molecule has 0 saturated carbocycles. The van der Waals surface area contributed by atoms with Crippen LogP contribution in [0.3, 0.4) is 0 Å². The smallest absolute Gasteiger partial charge is 0.216 e. The SMILES string of the molecule is CCc1c(F)ccc2cc(O)cc(-c3ccc4c(N5CC6CCC(C5)N6)cc(OCC56CCCN5CCC6)nc4c3F)c12. The van der Waals surface area contributed by atoms with Crippen LogP contribution in [-0.4, -0.2) is 65.4 Å². The summed E-state index contributed by atoms with van der Waals surface area (Å²) in [4.78, 5) is 9.72. The van der Waals surface area contributed by atoms with Gasteiger partial charge >= 0.3 is 0 Å². The zero-order valence-electron chi connectivity index (χ0n) is 24.6. The van der Waals surface area contributed by atoms with E-state index in [0.717, 1.165) is 62.9 Å². The number of aromatic hydroxyl groups is 1. The number of hydrogen-bond donors (Lipinski definition) is 2. The summed E-state index contributed by atoms with van der Waals surface area (Å²) in [6.45, 7) is 6.37. The van der Waals surface area contributed by atoms with Crippen molar-refractivity contribution in [2.75, 3.05) is 37.7 Å². The van der Waals surface area contributed by atoms with E-state index in [-0.39, 0.29) is 22.6 Å². The third-order valence-corrected chi connectivity index (χ3v) is 10.5. The molecular weight excluding hydrogens is 546 g/mol. The van der Waals surface area contributed by atoms with Gasteiger partial charge in [-0.15, -0.1) is 0 Å².